The molecule has 0 aromatic heterocycles. The number of hydrogen-bond acceptors (Lipinski definition) is 5. The molecule has 2 heterocycles. The number of thioether (sulfide) groups is 1. The van der Waals surface area contributed by atoms with Gasteiger partial charge in [0.2, 0.25) is 5.91 Å². The molecular formula is C11H21N3O2S. The molecule has 0 spiro atoms. The van der Waals surface area contributed by atoms with Crippen molar-refractivity contribution >= 4 is 17.7 Å². The van der Waals surface area contributed by atoms with E-state index in [9.17, 15) is 9.90 Å². The predicted octanol–water partition coefficient (Wildman–Crippen LogP) is -0.828. The predicted molar refractivity (Wildman–Crippen MR) is 68.9 cm³/mol. The maximum atomic E-state index is 12.3. The highest BCUT2D eigenvalue weighted by atomic mass is 32.2. The lowest BCUT2D eigenvalue weighted by Crippen LogP contribution is -2.49. The number of carbonyl (C=O) groups excluding carboxylic acids is 1. The number of likely N-dealkylation sites (N-methyl/N-ethyl adjacent to an activating group) is 1. The lowest BCUT2D eigenvalue weighted by molar-refractivity contribution is -0.134. The van der Waals surface area contributed by atoms with E-state index in [1.54, 1.807) is 11.8 Å². The van der Waals surface area contributed by atoms with E-state index in [1.165, 1.54) is 0 Å². The van der Waals surface area contributed by atoms with Gasteiger partial charge in [-0.25, -0.2) is 0 Å². The normalized spacial score (nSPS) is 33.6. The van der Waals surface area contributed by atoms with Crippen LogP contribution in [0.3, 0.4) is 0 Å². The minimum atomic E-state index is -0.363. The summed E-state index contributed by atoms with van der Waals surface area (Å²) in [4.78, 5) is 16.2. The van der Waals surface area contributed by atoms with Gasteiger partial charge in [-0.2, -0.15) is 0 Å². The molecule has 5 nitrogen and oxygen atoms in total. The third-order valence-electron chi connectivity index (χ3n) is 3.27. The lowest BCUT2D eigenvalue weighted by atomic mass is 10.2. The van der Waals surface area contributed by atoms with Crippen LogP contribution in [0.4, 0.5) is 0 Å². The molecule has 2 fully saturated rings. The molecule has 2 aliphatic rings. The molecule has 6 heteroatoms. The topological polar surface area (TPSA) is 55.8 Å². The summed E-state index contributed by atoms with van der Waals surface area (Å²) in [7, 11) is 3.99. The molecule has 0 radical (unpaired) electrons. The molecule has 0 bridgehead atoms. The van der Waals surface area contributed by atoms with Gasteiger partial charge in [-0.1, -0.05) is 0 Å². The van der Waals surface area contributed by atoms with E-state index in [2.05, 4.69) is 10.2 Å². The van der Waals surface area contributed by atoms with Crippen LogP contribution in [0.1, 0.15) is 6.42 Å². The van der Waals surface area contributed by atoms with E-state index in [1.807, 2.05) is 19.0 Å². The SMILES string of the molecule is CN(C)CC1CC(O)CN1C(=O)C1CSCN1. The van der Waals surface area contributed by atoms with Gasteiger partial charge in [0.15, 0.2) is 0 Å². The first-order valence-corrected chi connectivity index (χ1v) is 7.18. The quantitative estimate of drug-likeness (QED) is 0.693. The average Bonchev–Trinajstić information content (AvgIpc) is 2.85. The molecule has 0 aromatic carbocycles. The fourth-order valence-corrected chi connectivity index (χ4v) is 3.44. The van der Waals surface area contributed by atoms with Crippen molar-refractivity contribution in [2.24, 2.45) is 0 Å². The number of carbonyl (C=O) groups is 1. The van der Waals surface area contributed by atoms with Crippen LogP contribution in [-0.4, -0.2) is 77.8 Å². The second-order valence-corrected chi connectivity index (χ2v) is 6.10. The Morgan fingerprint density at radius 1 is 1.59 bits per heavy atom. The summed E-state index contributed by atoms with van der Waals surface area (Å²) in [5.74, 6) is 1.85. The van der Waals surface area contributed by atoms with Crippen molar-refractivity contribution in [1.82, 2.24) is 15.1 Å². The van der Waals surface area contributed by atoms with E-state index in [-0.39, 0.29) is 24.1 Å². The Kier molecular flexibility index (Phi) is 4.30. The van der Waals surface area contributed by atoms with Crippen molar-refractivity contribution in [1.29, 1.82) is 0 Å². The van der Waals surface area contributed by atoms with Crippen LogP contribution in [0.5, 0.6) is 0 Å². The van der Waals surface area contributed by atoms with Crippen LogP contribution in [0.25, 0.3) is 0 Å². The lowest BCUT2D eigenvalue weighted by Gasteiger charge is -2.28. The molecule has 2 saturated heterocycles. The van der Waals surface area contributed by atoms with E-state index in [0.717, 1.165) is 18.2 Å². The number of amides is 1. The Morgan fingerprint density at radius 3 is 2.94 bits per heavy atom. The number of nitrogens with one attached hydrogen (secondary N) is 1. The molecular weight excluding hydrogens is 238 g/mol. The summed E-state index contributed by atoms with van der Waals surface area (Å²) in [5, 5.41) is 12.9. The Labute approximate surface area is 107 Å². The van der Waals surface area contributed by atoms with Crippen LogP contribution >= 0.6 is 11.8 Å². The highest BCUT2D eigenvalue weighted by Crippen LogP contribution is 2.21. The van der Waals surface area contributed by atoms with Crippen LogP contribution < -0.4 is 5.32 Å². The van der Waals surface area contributed by atoms with Gasteiger partial charge in [0, 0.05) is 30.8 Å². The maximum Gasteiger partial charge on any atom is 0.240 e. The molecule has 0 aliphatic carbocycles. The standard InChI is InChI=1S/C11H21N3O2S/c1-13(2)4-8-3-9(15)5-14(8)11(16)10-6-17-7-12-10/h8-10,12,15H,3-7H2,1-2H3. The second-order valence-electron chi connectivity index (χ2n) is 5.07. The molecule has 2 aliphatic heterocycles. The summed E-state index contributed by atoms with van der Waals surface area (Å²) in [6, 6.07) is 0.0925. The summed E-state index contributed by atoms with van der Waals surface area (Å²) in [6.07, 6.45) is 0.335. The van der Waals surface area contributed by atoms with E-state index in [4.69, 9.17) is 0 Å². The van der Waals surface area contributed by atoms with Crippen LogP contribution in [0.2, 0.25) is 0 Å². The zero-order valence-electron chi connectivity index (χ0n) is 10.4. The Bertz CT molecular complexity index is 282. The largest absolute Gasteiger partial charge is 0.391 e. The van der Waals surface area contributed by atoms with Crippen molar-refractivity contribution in [2.75, 3.05) is 38.8 Å². The van der Waals surface area contributed by atoms with Crippen molar-refractivity contribution < 1.29 is 9.90 Å². The van der Waals surface area contributed by atoms with Crippen molar-refractivity contribution in [3.05, 3.63) is 0 Å². The highest BCUT2D eigenvalue weighted by Gasteiger charge is 2.38. The summed E-state index contributed by atoms with van der Waals surface area (Å²) < 4.78 is 0. The number of likely N-dealkylation sites (tertiary alicyclic amines) is 1. The fraction of sp³-hybridized carbons (Fsp3) is 0.909. The summed E-state index contributed by atoms with van der Waals surface area (Å²) in [5.41, 5.74) is 0. The summed E-state index contributed by atoms with van der Waals surface area (Å²) in [6.45, 7) is 1.31. The number of nitrogens with zero attached hydrogens (tertiary/aromatic N) is 2. The monoisotopic (exact) mass is 259 g/mol. The van der Waals surface area contributed by atoms with Gasteiger partial charge in [-0.05, 0) is 20.5 Å². The Hall–Kier alpha value is -0.300. The minimum absolute atomic E-state index is 0.0602. The highest BCUT2D eigenvalue weighted by molar-refractivity contribution is 7.99. The first-order valence-electron chi connectivity index (χ1n) is 6.02. The zero-order chi connectivity index (χ0) is 12.4. The number of β-amino-alcohol motifs (C(OH)–C–C–N with tert-alkyl or cyclic N) is 1. The number of aliphatic hydroxyl groups excluding tert-OH is 1. The molecule has 3 atom stereocenters. The van der Waals surface area contributed by atoms with Gasteiger partial charge < -0.3 is 14.9 Å². The molecule has 0 saturated carbocycles. The molecule has 3 unspecified atom stereocenters. The van der Waals surface area contributed by atoms with E-state index in [0.29, 0.717) is 13.0 Å². The average molecular weight is 259 g/mol. The third kappa shape index (κ3) is 3.13. The fourth-order valence-electron chi connectivity index (χ4n) is 2.51. The molecule has 1 amide bonds. The first kappa shape index (κ1) is 13.1. The van der Waals surface area contributed by atoms with Gasteiger partial charge >= 0.3 is 0 Å². The van der Waals surface area contributed by atoms with E-state index >= 15 is 0 Å². The zero-order valence-corrected chi connectivity index (χ0v) is 11.2. The van der Waals surface area contributed by atoms with Gasteiger partial charge in [0.1, 0.15) is 0 Å². The van der Waals surface area contributed by atoms with Crippen LogP contribution in [-0.2, 0) is 4.79 Å². The molecule has 0 aromatic rings. The molecule has 2 rings (SSSR count). The first-order chi connectivity index (χ1) is 8.08. The second kappa shape index (κ2) is 5.56. The van der Waals surface area contributed by atoms with Crippen LogP contribution in [0.15, 0.2) is 0 Å². The molecule has 98 valence electrons. The Morgan fingerprint density at radius 2 is 2.35 bits per heavy atom. The van der Waals surface area contributed by atoms with Gasteiger partial charge in [-0.3, -0.25) is 10.1 Å². The molecule has 2 N–H and O–H groups in total. The number of rotatable bonds is 3. The number of hydrogen-bond donors (Lipinski definition) is 2. The van der Waals surface area contributed by atoms with Gasteiger partial charge in [0.05, 0.1) is 12.1 Å². The minimum Gasteiger partial charge on any atom is -0.391 e. The van der Waals surface area contributed by atoms with Crippen molar-refractivity contribution in [3.63, 3.8) is 0 Å². The van der Waals surface area contributed by atoms with E-state index < -0.39 is 0 Å². The van der Waals surface area contributed by atoms with Gasteiger partial charge in [-0.15, -0.1) is 11.8 Å². The number of aliphatic hydroxyl groups is 1. The maximum absolute atomic E-state index is 12.3. The molecule has 17 heavy (non-hydrogen) atoms. The van der Waals surface area contributed by atoms with Crippen molar-refractivity contribution in [3.8, 4) is 0 Å². The third-order valence-corrected chi connectivity index (χ3v) is 4.21. The van der Waals surface area contributed by atoms with Crippen molar-refractivity contribution in [2.45, 2.75) is 24.6 Å². The van der Waals surface area contributed by atoms with Gasteiger partial charge in [0.25, 0.3) is 0 Å². The summed E-state index contributed by atoms with van der Waals surface area (Å²) >= 11 is 1.75. The smallest absolute Gasteiger partial charge is 0.240 e. The Balaban J connectivity index is 1.98. The van der Waals surface area contributed by atoms with Crippen LogP contribution in [0, 0.1) is 0 Å².